The summed E-state index contributed by atoms with van der Waals surface area (Å²) in [7, 11) is 1.47. The molecular formula is C13H17F3N4S. The highest BCUT2D eigenvalue weighted by molar-refractivity contribution is 7.18. The van der Waals surface area contributed by atoms with E-state index in [1.54, 1.807) is 11.3 Å². The van der Waals surface area contributed by atoms with Gasteiger partial charge in [-0.15, -0.1) is 11.3 Å². The highest BCUT2D eigenvalue weighted by Crippen LogP contribution is 2.27. The van der Waals surface area contributed by atoms with Gasteiger partial charge in [-0.05, 0) is 33.0 Å². The van der Waals surface area contributed by atoms with Crippen LogP contribution in [0.15, 0.2) is 12.4 Å². The third kappa shape index (κ3) is 4.82. The van der Waals surface area contributed by atoms with Gasteiger partial charge in [0.15, 0.2) is 0 Å². The van der Waals surface area contributed by atoms with Gasteiger partial charge in [-0.1, -0.05) is 0 Å². The summed E-state index contributed by atoms with van der Waals surface area (Å²) in [6, 6.07) is 2.01. The van der Waals surface area contributed by atoms with Crippen LogP contribution >= 0.6 is 11.3 Å². The normalized spacial score (nSPS) is 12.3. The maximum absolute atomic E-state index is 12.2. The molecule has 0 aliphatic rings. The Morgan fingerprint density at radius 1 is 1.33 bits per heavy atom. The van der Waals surface area contributed by atoms with Gasteiger partial charge in [-0.3, -0.25) is 4.90 Å². The molecule has 2 aromatic heterocycles. The molecule has 116 valence electrons. The molecule has 0 aliphatic carbocycles. The lowest BCUT2D eigenvalue weighted by Gasteiger charge is -2.18. The molecule has 0 aliphatic heterocycles. The average molecular weight is 318 g/mol. The maximum Gasteiger partial charge on any atom is 0.401 e. The Bertz CT molecular complexity index is 597. The van der Waals surface area contributed by atoms with Gasteiger partial charge in [0, 0.05) is 11.4 Å². The molecule has 4 nitrogen and oxygen atoms in total. The summed E-state index contributed by atoms with van der Waals surface area (Å²) < 4.78 is 36.6. The Morgan fingerprint density at radius 3 is 2.81 bits per heavy atom. The van der Waals surface area contributed by atoms with Crippen LogP contribution in [0.5, 0.6) is 0 Å². The van der Waals surface area contributed by atoms with Gasteiger partial charge < -0.3 is 5.32 Å². The summed E-state index contributed by atoms with van der Waals surface area (Å²) in [5, 5.41) is 4.13. The lowest BCUT2D eigenvalue weighted by molar-refractivity contribution is -0.142. The number of thiophene rings is 1. The van der Waals surface area contributed by atoms with Crippen molar-refractivity contribution < 1.29 is 13.2 Å². The summed E-state index contributed by atoms with van der Waals surface area (Å²) in [6.07, 6.45) is -2.03. The molecule has 0 atom stereocenters. The predicted molar refractivity (Wildman–Crippen MR) is 78.8 cm³/mol. The Labute approximate surface area is 125 Å². The van der Waals surface area contributed by atoms with Crippen molar-refractivity contribution in [1.82, 2.24) is 14.9 Å². The van der Waals surface area contributed by atoms with Crippen LogP contribution in [0.1, 0.15) is 11.3 Å². The van der Waals surface area contributed by atoms with E-state index < -0.39 is 12.7 Å². The van der Waals surface area contributed by atoms with Crippen molar-refractivity contribution in [2.24, 2.45) is 0 Å². The zero-order valence-corrected chi connectivity index (χ0v) is 12.7. The molecule has 2 rings (SSSR count). The fourth-order valence-corrected chi connectivity index (χ4v) is 2.90. The summed E-state index contributed by atoms with van der Waals surface area (Å²) in [4.78, 5) is 11.7. The number of rotatable bonds is 6. The monoisotopic (exact) mass is 318 g/mol. The largest absolute Gasteiger partial charge is 0.401 e. The van der Waals surface area contributed by atoms with E-state index in [1.807, 2.05) is 13.0 Å². The number of halogens is 3. The topological polar surface area (TPSA) is 41.0 Å². The fourth-order valence-electron chi connectivity index (χ4n) is 2.06. The first kappa shape index (κ1) is 16.0. The van der Waals surface area contributed by atoms with Crippen molar-refractivity contribution in [3.8, 4) is 0 Å². The highest BCUT2D eigenvalue weighted by atomic mass is 32.1. The van der Waals surface area contributed by atoms with Crippen LogP contribution in [0.2, 0.25) is 0 Å². The smallest absolute Gasteiger partial charge is 0.369 e. The third-order valence-electron chi connectivity index (χ3n) is 2.91. The van der Waals surface area contributed by atoms with Gasteiger partial charge in [0.25, 0.3) is 0 Å². The van der Waals surface area contributed by atoms with Gasteiger partial charge in [-0.25, -0.2) is 9.97 Å². The van der Waals surface area contributed by atoms with Crippen LogP contribution in [0, 0.1) is 6.92 Å². The molecule has 0 amide bonds. The van der Waals surface area contributed by atoms with Crippen LogP contribution in [-0.4, -0.2) is 47.7 Å². The molecule has 2 aromatic rings. The summed E-state index contributed by atoms with van der Waals surface area (Å²) >= 11 is 1.59. The average Bonchev–Trinajstić information content (AvgIpc) is 2.73. The molecule has 0 saturated heterocycles. The summed E-state index contributed by atoms with van der Waals surface area (Å²) in [6.45, 7) is 2.07. The van der Waals surface area contributed by atoms with E-state index in [1.165, 1.54) is 18.3 Å². The minimum atomic E-state index is -4.14. The molecule has 0 spiro atoms. The molecule has 21 heavy (non-hydrogen) atoms. The second-order valence-electron chi connectivity index (χ2n) is 4.93. The number of anilines is 1. The molecule has 2 heterocycles. The molecule has 0 bridgehead atoms. The van der Waals surface area contributed by atoms with Crippen molar-refractivity contribution >= 4 is 27.4 Å². The number of nitrogens with one attached hydrogen (secondary N) is 1. The molecule has 0 fully saturated rings. The van der Waals surface area contributed by atoms with E-state index in [4.69, 9.17) is 0 Å². The Morgan fingerprint density at radius 2 is 2.10 bits per heavy atom. The fraction of sp³-hybridized carbons (Fsp3) is 0.538. The Balaban J connectivity index is 1.83. The first-order valence-electron chi connectivity index (χ1n) is 6.55. The Hall–Kier alpha value is -1.41. The maximum atomic E-state index is 12.2. The van der Waals surface area contributed by atoms with E-state index in [-0.39, 0.29) is 0 Å². The second-order valence-corrected chi connectivity index (χ2v) is 6.17. The molecule has 0 unspecified atom stereocenters. The van der Waals surface area contributed by atoms with Crippen molar-refractivity contribution in [2.75, 3.05) is 32.0 Å². The lowest BCUT2D eigenvalue weighted by atomic mass is 10.3. The predicted octanol–water partition coefficient (Wildman–Crippen LogP) is 3.30. The number of nitrogens with zero attached hydrogens (tertiary/aromatic N) is 3. The SMILES string of the molecule is Cc1cc2c(NCCCN(C)CC(F)(F)F)ncnc2s1. The van der Waals surface area contributed by atoms with Gasteiger partial charge in [0.05, 0.1) is 11.9 Å². The van der Waals surface area contributed by atoms with Crippen molar-refractivity contribution in [3.05, 3.63) is 17.3 Å². The van der Waals surface area contributed by atoms with E-state index >= 15 is 0 Å². The minimum absolute atomic E-state index is 0.378. The van der Waals surface area contributed by atoms with Gasteiger partial charge in [0.1, 0.15) is 17.0 Å². The molecule has 0 radical (unpaired) electrons. The number of alkyl halides is 3. The minimum Gasteiger partial charge on any atom is -0.369 e. The Kier molecular flexibility index (Phi) is 5.00. The van der Waals surface area contributed by atoms with Crippen molar-refractivity contribution in [2.45, 2.75) is 19.5 Å². The third-order valence-corrected chi connectivity index (χ3v) is 3.87. The number of aryl methyl sites for hydroxylation is 1. The standard InChI is InChI=1S/C13H17F3N4S/c1-9-6-10-11(18-8-19-12(10)21-9)17-4-3-5-20(2)7-13(14,15)16/h6,8H,3-5,7H2,1-2H3,(H,17,18,19). The molecular weight excluding hydrogens is 301 g/mol. The van der Waals surface area contributed by atoms with Gasteiger partial charge in [-0.2, -0.15) is 13.2 Å². The highest BCUT2D eigenvalue weighted by Gasteiger charge is 2.28. The number of hydrogen-bond donors (Lipinski definition) is 1. The molecule has 1 N–H and O–H groups in total. The summed E-state index contributed by atoms with van der Waals surface area (Å²) in [5.74, 6) is 0.739. The van der Waals surface area contributed by atoms with Crippen LogP contribution in [0.4, 0.5) is 19.0 Å². The zero-order chi connectivity index (χ0) is 15.5. The van der Waals surface area contributed by atoms with Crippen LogP contribution in [0.25, 0.3) is 10.2 Å². The van der Waals surface area contributed by atoms with E-state index in [0.29, 0.717) is 19.5 Å². The first-order valence-corrected chi connectivity index (χ1v) is 7.37. The van der Waals surface area contributed by atoms with Crippen molar-refractivity contribution in [1.29, 1.82) is 0 Å². The van der Waals surface area contributed by atoms with Crippen LogP contribution in [0.3, 0.4) is 0 Å². The van der Waals surface area contributed by atoms with Crippen LogP contribution < -0.4 is 5.32 Å². The van der Waals surface area contributed by atoms with Crippen molar-refractivity contribution in [3.63, 3.8) is 0 Å². The molecule has 0 saturated carbocycles. The van der Waals surface area contributed by atoms with E-state index in [2.05, 4.69) is 15.3 Å². The quantitative estimate of drug-likeness (QED) is 0.830. The van der Waals surface area contributed by atoms with Gasteiger partial charge in [0.2, 0.25) is 0 Å². The van der Waals surface area contributed by atoms with E-state index in [0.717, 1.165) is 20.9 Å². The molecule has 8 heteroatoms. The van der Waals surface area contributed by atoms with E-state index in [9.17, 15) is 13.2 Å². The number of fused-ring (bicyclic) bond motifs is 1. The van der Waals surface area contributed by atoms with Gasteiger partial charge >= 0.3 is 6.18 Å². The first-order chi connectivity index (χ1) is 9.85. The lowest BCUT2D eigenvalue weighted by Crippen LogP contribution is -2.32. The second kappa shape index (κ2) is 6.57. The summed E-state index contributed by atoms with van der Waals surface area (Å²) in [5.41, 5.74) is 0. The molecule has 0 aromatic carbocycles. The zero-order valence-electron chi connectivity index (χ0n) is 11.9. The number of hydrogen-bond acceptors (Lipinski definition) is 5. The number of aromatic nitrogens is 2. The van der Waals surface area contributed by atoms with Crippen LogP contribution in [-0.2, 0) is 0 Å².